The molecule has 96 valence electrons. The number of carbonyl (C=O) groups excluding carboxylic acids is 1. The van der Waals surface area contributed by atoms with Gasteiger partial charge in [0.25, 0.3) is 0 Å². The minimum Gasteiger partial charge on any atom is -0.331 e. The molecule has 0 aromatic rings. The van der Waals surface area contributed by atoms with Crippen molar-refractivity contribution in [2.24, 2.45) is 17.0 Å². The fourth-order valence-corrected chi connectivity index (χ4v) is 2.40. The first-order chi connectivity index (χ1) is 7.81. The molecular weight excluding hydrogens is 216 g/mol. The first-order valence-corrected chi connectivity index (χ1v) is 6.02. The van der Waals surface area contributed by atoms with Crippen LogP contribution in [0.5, 0.6) is 0 Å². The second-order valence-corrected chi connectivity index (χ2v) is 5.88. The number of hydrogen-bond acceptors (Lipinski definition) is 3. The van der Waals surface area contributed by atoms with Crippen LogP contribution in [0, 0.1) is 11.8 Å². The van der Waals surface area contributed by atoms with E-state index in [0.29, 0.717) is 11.8 Å². The molecule has 0 bridgehead atoms. The van der Waals surface area contributed by atoms with Crippen molar-refractivity contribution in [1.82, 2.24) is 0 Å². The standard InChI is InChI=1S/C13H23N2O2/c1-6-13(16)17-14-12-8-11(7-10(12)2)9-15(3,4)5/h6,10-11H,1,7-9H2,2-5H3/q+1/b14-12+/t10-,11+/m1/s1. The van der Waals surface area contributed by atoms with E-state index in [1.807, 2.05) is 0 Å². The van der Waals surface area contributed by atoms with E-state index in [1.165, 1.54) is 0 Å². The maximum absolute atomic E-state index is 10.9. The molecule has 17 heavy (non-hydrogen) atoms. The van der Waals surface area contributed by atoms with E-state index in [0.717, 1.165) is 35.7 Å². The SMILES string of the molecule is C=CC(=O)O/N=C1\C[C@@H](C[N+](C)(C)C)C[C@H]1C. The lowest BCUT2D eigenvalue weighted by Gasteiger charge is -2.27. The Morgan fingerprint density at radius 3 is 2.76 bits per heavy atom. The minimum absolute atomic E-state index is 0.407. The van der Waals surface area contributed by atoms with E-state index >= 15 is 0 Å². The van der Waals surface area contributed by atoms with Gasteiger partial charge in [0.05, 0.1) is 33.4 Å². The Morgan fingerprint density at radius 1 is 1.59 bits per heavy atom. The second-order valence-electron chi connectivity index (χ2n) is 5.88. The zero-order valence-electron chi connectivity index (χ0n) is 11.3. The molecule has 2 atom stereocenters. The van der Waals surface area contributed by atoms with Crippen molar-refractivity contribution in [1.29, 1.82) is 0 Å². The van der Waals surface area contributed by atoms with E-state index in [-0.39, 0.29) is 0 Å². The highest BCUT2D eigenvalue weighted by atomic mass is 16.7. The smallest absolute Gasteiger partial charge is 0.331 e. The van der Waals surface area contributed by atoms with Gasteiger partial charge >= 0.3 is 5.97 Å². The average Bonchev–Trinajstić information content (AvgIpc) is 2.52. The zero-order valence-corrected chi connectivity index (χ0v) is 11.3. The number of hydrogen-bond donors (Lipinski definition) is 0. The van der Waals surface area contributed by atoms with Crippen LogP contribution in [0.2, 0.25) is 0 Å². The van der Waals surface area contributed by atoms with Crippen molar-refractivity contribution in [3.05, 3.63) is 12.7 Å². The van der Waals surface area contributed by atoms with Crippen molar-refractivity contribution in [2.75, 3.05) is 27.7 Å². The summed E-state index contributed by atoms with van der Waals surface area (Å²) in [6, 6.07) is 0. The maximum atomic E-state index is 10.9. The molecule has 1 fully saturated rings. The van der Waals surface area contributed by atoms with Gasteiger partial charge in [0.1, 0.15) is 0 Å². The van der Waals surface area contributed by atoms with Crippen LogP contribution < -0.4 is 0 Å². The van der Waals surface area contributed by atoms with Gasteiger partial charge in [0.15, 0.2) is 0 Å². The quantitative estimate of drug-likeness (QED) is 0.325. The van der Waals surface area contributed by atoms with Crippen molar-refractivity contribution < 1.29 is 14.1 Å². The molecule has 0 amide bonds. The summed E-state index contributed by atoms with van der Waals surface area (Å²) in [6.07, 6.45) is 3.19. The van der Waals surface area contributed by atoms with Gasteiger partial charge in [-0.1, -0.05) is 18.7 Å². The predicted molar refractivity (Wildman–Crippen MR) is 68.5 cm³/mol. The van der Waals surface area contributed by atoms with E-state index in [9.17, 15) is 4.79 Å². The van der Waals surface area contributed by atoms with Gasteiger partial charge < -0.3 is 9.32 Å². The highest BCUT2D eigenvalue weighted by molar-refractivity contribution is 5.89. The molecule has 0 spiro atoms. The Labute approximate surface area is 104 Å². The van der Waals surface area contributed by atoms with E-state index in [2.05, 4.69) is 39.8 Å². The topological polar surface area (TPSA) is 38.7 Å². The molecule has 0 saturated heterocycles. The summed E-state index contributed by atoms with van der Waals surface area (Å²) in [7, 11) is 6.58. The highest BCUT2D eigenvalue weighted by Crippen LogP contribution is 2.29. The predicted octanol–water partition coefficient (Wildman–Crippen LogP) is 1.82. The van der Waals surface area contributed by atoms with E-state index in [4.69, 9.17) is 4.84 Å². The molecule has 0 aromatic carbocycles. The van der Waals surface area contributed by atoms with Crippen LogP contribution in [0.25, 0.3) is 0 Å². The zero-order chi connectivity index (χ0) is 13.1. The summed E-state index contributed by atoms with van der Waals surface area (Å²) in [4.78, 5) is 15.7. The van der Waals surface area contributed by atoms with Gasteiger partial charge in [-0.15, -0.1) is 0 Å². The van der Waals surface area contributed by atoms with E-state index in [1.54, 1.807) is 0 Å². The third kappa shape index (κ3) is 4.69. The fourth-order valence-electron chi connectivity index (χ4n) is 2.40. The third-order valence-electron chi connectivity index (χ3n) is 2.98. The number of quaternary nitrogens is 1. The number of rotatable bonds is 4. The lowest BCUT2D eigenvalue weighted by molar-refractivity contribution is -0.873. The molecular formula is C13H23N2O2+. The van der Waals surface area contributed by atoms with Crippen molar-refractivity contribution in [2.45, 2.75) is 19.8 Å². The minimum atomic E-state index is -0.486. The molecule has 1 rings (SSSR count). The van der Waals surface area contributed by atoms with Gasteiger partial charge in [-0.25, -0.2) is 4.79 Å². The largest absolute Gasteiger partial charge is 0.357 e. The van der Waals surface area contributed by atoms with E-state index < -0.39 is 5.97 Å². The number of oxime groups is 1. The molecule has 0 radical (unpaired) electrons. The summed E-state index contributed by atoms with van der Waals surface area (Å²) in [5, 5.41) is 3.94. The van der Waals surface area contributed by atoms with Gasteiger partial charge in [-0.05, 0) is 18.8 Å². The van der Waals surface area contributed by atoms with Gasteiger partial charge in [-0.2, -0.15) is 0 Å². The van der Waals surface area contributed by atoms with Crippen LogP contribution in [0.15, 0.2) is 17.8 Å². The first-order valence-electron chi connectivity index (χ1n) is 6.02. The molecule has 0 aliphatic heterocycles. The molecule has 4 nitrogen and oxygen atoms in total. The molecule has 0 unspecified atom stereocenters. The van der Waals surface area contributed by atoms with Gasteiger partial charge in [0.2, 0.25) is 0 Å². The lowest BCUT2D eigenvalue weighted by atomic mass is 10.1. The summed E-state index contributed by atoms with van der Waals surface area (Å²) in [5.74, 6) is 0.551. The molecule has 0 heterocycles. The summed E-state index contributed by atoms with van der Waals surface area (Å²) < 4.78 is 0.955. The van der Waals surface area contributed by atoms with Crippen LogP contribution in [0.3, 0.4) is 0 Å². The molecule has 4 heteroatoms. The number of carbonyl (C=O) groups is 1. The van der Waals surface area contributed by atoms with Crippen molar-refractivity contribution in [3.63, 3.8) is 0 Å². The molecule has 1 saturated carbocycles. The van der Waals surface area contributed by atoms with Crippen LogP contribution in [0.4, 0.5) is 0 Å². The average molecular weight is 239 g/mol. The number of nitrogens with zero attached hydrogens (tertiary/aromatic N) is 2. The second kappa shape index (κ2) is 5.45. The molecule has 0 N–H and O–H groups in total. The van der Waals surface area contributed by atoms with Gasteiger partial charge in [-0.3, -0.25) is 0 Å². The van der Waals surface area contributed by atoms with Gasteiger partial charge in [0, 0.05) is 12.0 Å². The summed E-state index contributed by atoms with van der Waals surface area (Å²) in [5.41, 5.74) is 0.999. The maximum Gasteiger partial charge on any atom is 0.357 e. The van der Waals surface area contributed by atoms with Crippen LogP contribution in [-0.4, -0.2) is 43.9 Å². The Hall–Kier alpha value is -1.16. The monoisotopic (exact) mass is 239 g/mol. The molecule has 0 aromatic heterocycles. The Balaban J connectivity index is 2.55. The first kappa shape index (κ1) is 13.9. The third-order valence-corrected chi connectivity index (χ3v) is 2.98. The Bertz CT molecular complexity index is 329. The Morgan fingerprint density at radius 2 is 2.24 bits per heavy atom. The fraction of sp³-hybridized carbons (Fsp3) is 0.692. The lowest BCUT2D eigenvalue weighted by Crippen LogP contribution is -2.38. The van der Waals surface area contributed by atoms with Crippen LogP contribution >= 0.6 is 0 Å². The normalized spacial score (nSPS) is 27.2. The summed E-state index contributed by atoms with van der Waals surface area (Å²) in [6.45, 7) is 6.60. The van der Waals surface area contributed by atoms with Crippen LogP contribution in [-0.2, 0) is 9.63 Å². The van der Waals surface area contributed by atoms with Crippen molar-refractivity contribution >= 4 is 11.7 Å². The van der Waals surface area contributed by atoms with Crippen LogP contribution in [0.1, 0.15) is 19.8 Å². The Kier molecular flexibility index (Phi) is 4.46. The highest BCUT2D eigenvalue weighted by Gasteiger charge is 2.31. The summed E-state index contributed by atoms with van der Waals surface area (Å²) >= 11 is 0. The molecule has 1 aliphatic carbocycles. The molecule has 1 aliphatic rings. The van der Waals surface area contributed by atoms with Crippen molar-refractivity contribution in [3.8, 4) is 0 Å².